The lowest BCUT2D eigenvalue weighted by Crippen LogP contribution is -2.35. The molecule has 106 valence electrons. The first-order chi connectivity index (χ1) is 9.15. The molecule has 0 aliphatic rings. The molecule has 1 amide bonds. The summed E-state index contributed by atoms with van der Waals surface area (Å²) in [6, 6.07) is 7.89. The van der Waals surface area contributed by atoms with Crippen molar-refractivity contribution in [3.63, 3.8) is 0 Å². The van der Waals surface area contributed by atoms with Gasteiger partial charge in [-0.15, -0.1) is 11.8 Å². The number of rotatable bonds is 8. The van der Waals surface area contributed by atoms with Crippen LogP contribution in [0.4, 0.5) is 0 Å². The third-order valence-corrected chi connectivity index (χ3v) is 3.50. The number of amides is 1. The van der Waals surface area contributed by atoms with E-state index in [1.165, 1.54) is 0 Å². The Hall–Kier alpha value is -1.20. The van der Waals surface area contributed by atoms with Gasteiger partial charge in [0.05, 0.1) is 13.7 Å². The zero-order valence-corrected chi connectivity index (χ0v) is 12.5. The van der Waals surface area contributed by atoms with E-state index in [4.69, 9.17) is 9.47 Å². The van der Waals surface area contributed by atoms with Crippen LogP contribution in [0.15, 0.2) is 29.2 Å². The quantitative estimate of drug-likeness (QED) is 0.744. The lowest BCUT2D eigenvalue weighted by atomic mass is 10.3. The fraction of sp³-hybridized carbons (Fsp3) is 0.500. The number of hydrogen-bond donors (Lipinski definition) is 1. The van der Waals surface area contributed by atoms with Crippen molar-refractivity contribution in [1.82, 2.24) is 5.32 Å². The van der Waals surface area contributed by atoms with Gasteiger partial charge >= 0.3 is 0 Å². The molecule has 0 saturated carbocycles. The summed E-state index contributed by atoms with van der Waals surface area (Å²) in [5.74, 6) is 1.67. The summed E-state index contributed by atoms with van der Waals surface area (Å²) in [6.45, 7) is 2.47. The van der Waals surface area contributed by atoms with Crippen molar-refractivity contribution in [2.24, 2.45) is 0 Å². The van der Waals surface area contributed by atoms with Crippen molar-refractivity contribution in [3.8, 4) is 5.75 Å². The van der Waals surface area contributed by atoms with E-state index in [0.717, 1.165) is 16.4 Å². The Morgan fingerprint density at radius 1 is 1.32 bits per heavy atom. The first-order valence-corrected chi connectivity index (χ1v) is 7.19. The Morgan fingerprint density at radius 3 is 2.58 bits per heavy atom. The summed E-state index contributed by atoms with van der Waals surface area (Å²) in [6.07, 6.45) is 0.505. The molecule has 0 spiro atoms. The molecule has 0 fully saturated rings. The van der Waals surface area contributed by atoms with Crippen molar-refractivity contribution in [1.29, 1.82) is 0 Å². The molecule has 0 heterocycles. The Labute approximate surface area is 118 Å². The molecule has 0 aliphatic heterocycles. The third-order valence-electron chi connectivity index (χ3n) is 2.48. The number of nitrogens with one attached hydrogen (secondary N) is 1. The van der Waals surface area contributed by atoms with E-state index < -0.39 is 0 Å². The maximum absolute atomic E-state index is 11.6. The van der Waals surface area contributed by atoms with Crippen LogP contribution in [-0.2, 0) is 9.53 Å². The van der Waals surface area contributed by atoms with Gasteiger partial charge in [-0.1, -0.05) is 0 Å². The molecule has 1 aromatic carbocycles. The number of carbonyl (C=O) groups excluding carboxylic acids is 1. The maximum Gasteiger partial charge on any atom is 0.221 e. The summed E-state index contributed by atoms with van der Waals surface area (Å²) in [4.78, 5) is 12.8. The standard InChI is InChI=1S/C14H21NO3S/c1-11(10-17-2)15-14(16)8-9-19-13-6-4-12(18-3)5-7-13/h4-7,11H,8-10H2,1-3H3,(H,15,16). The molecular formula is C14H21NO3S. The molecule has 0 radical (unpaired) electrons. The van der Waals surface area contributed by atoms with E-state index >= 15 is 0 Å². The van der Waals surface area contributed by atoms with Gasteiger partial charge in [-0.3, -0.25) is 4.79 Å². The minimum absolute atomic E-state index is 0.0588. The number of carbonyl (C=O) groups is 1. The average molecular weight is 283 g/mol. The molecule has 4 nitrogen and oxygen atoms in total. The zero-order valence-electron chi connectivity index (χ0n) is 11.6. The summed E-state index contributed by atoms with van der Waals surface area (Å²) in [7, 11) is 3.27. The number of ether oxygens (including phenoxy) is 2. The van der Waals surface area contributed by atoms with Crippen LogP contribution in [0.1, 0.15) is 13.3 Å². The van der Waals surface area contributed by atoms with Gasteiger partial charge in [0, 0.05) is 30.2 Å². The van der Waals surface area contributed by atoms with Gasteiger partial charge in [0.15, 0.2) is 0 Å². The first-order valence-electron chi connectivity index (χ1n) is 6.21. The maximum atomic E-state index is 11.6. The smallest absolute Gasteiger partial charge is 0.221 e. The second kappa shape index (κ2) is 8.82. The minimum atomic E-state index is 0.0588. The number of methoxy groups -OCH3 is 2. The molecule has 0 aliphatic carbocycles. The lowest BCUT2D eigenvalue weighted by Gasteiger charge is -2.12. The summed E-state index contributed by atoms with van der Waals surface area (Å²) < 4.78 is 10.1. The van der Waals surface area contributed by atoms with E-state index in [-0.39, 0.29) is 11.9 Å². The molecule has 0 bridgehead atoms. The number of thioether (sulfide) groups is 1. The Kier molecular flexibility index (Phi) is 7.36. The van der Waals surface area contributed by atoms with Crippen molar-refractivity contribution >= 4 is 17.7 Å². The van der Waals surface area contributed by atoms with Crippen molar-refractivity contribution < 1.29 is 14.3 Å². The summed E-state index contributed by atoms with van der Waals surface area (Å²) in [5.41, 5.74) is 0. The predicted octanol–water partition coefficient (Wildman–Crippen LogP) is 2.33. The van der Waals surface area contributed by atoms with Crippen LogP contribution in [-0.4, -0.2) is 38.5 Å². The van der Waals surface area contributed by atoms with Gasteiger partial charge in [0.2, 0.25) is 5.91 Å². The summed E-state index contributed by atoms with van der Waals surface area (Å²) in [5, 5.41) is 2.89. The normalized spacial score (nSPS) is 11.9. The fourth-order valence-electron chi connectivity index (χ4n) is 1.57. The van der Waals surface area contributed by atoms with E-state index in [2.05, 4.69) is 5.32 Å². The van der Waals surface area contributed by atoms with Gasteiger partial charge in [-0.25, -0.2) is 0 Å². The largest absolute Gasteiger partial charge is 0.497 e. The molecule has 1 unspecified atom stereocenters. The van der Waals surface area contributed by atoms with Crippen LogP contribution < -0.4 is 10.1 Å². The Bertz CT molecular complexity index is 381. The molecule has 19 heavy (non-hydrogen) atoms. The summed E-state index contributed by atoms with van der Waals surface area (Å²) >= 11 is 1.66. The Morgan fingerprint density at radius 2 is 2.00 bits per heavy atom. The van der Waals surface area contributed by atoms with E-state index in [9.17, 15) is 4.79 Å². The minimum Gasteiger partial charge on any atom is -0.497 e. The molecule has 0 aromatic heterocycles. The van der Waals surface area contributed by atoms with Crippen molar-refractivity contribution in [2.45, 2.75) is 24.3 Å². The van der Waals surface area contributed by atoms with Crippen LogP contribution in [0.25, 0.3) is 0 Å². The van der Waals surface area contributed by atoms with Gasteiger partial charge < -0.3 is 14.8 Å². The van der Waals surface area contributed by atoms with Crippen LogP contribution in [0.5, 0.6) is 5.75 Å². The third kappa shape index (κ3) is 6.50. The monoisotopic (exact) mass is 283 g/mol. The predicted molar refractivity (Wildman–Crippen MR) is 77.8 cm³/mol. The highest BCUT2D eigenvalue weighted by atomic mass is 32.2. The fourth-order valence-corrected chi connectivity index (χ4v) is 2.42. The van der Waals surface area contributed by atoms with E-state index in [1.54, 1.807) is 26.0 Å². The highest BCUT2D eigenvalue weighted by Crippen LogP contribution is 2.21. The van der Waals surface area contributed by atoms with Crippen LogP contribution in [0.2, 0.25) is 0 Å². The van der Waals surface area contributed by atoms with E-state index in [0.29, 0.717) is 13.0 Å². The molecular weight excluding hydrogens is 262 g/mol. The molecule has 1 N–H and O–H groups in total. The molecule has 1 atom stereocenters. The van der Waals surface area contributed by atoms with Crippen molar-refractivity contribution in [3.05, 3.63) is 24.3 Å². The highest BCUT2D eigenvalue weighted by molar-refractivity contribution is 7.99. The lowest BCUT2D eigenvalue weighted by molar-refractivity contribution is -0.121. The average Bonchev–Trinajstić information content (AvgIpc) is 2.39. The SMILES string of the molecule is COCC(C)NC(=O)CCSc1ccc(OC)cc1. The first kappa shape index (κ1) is 15.9. The molecule has 1 rings (SSSR count). The van der Waals surface area contributed by atoms with Gasteiger partial charge in [-0.05, 0) is 31.2 Å². The highest BCUT2D eigenvalue weighted by Gasteiger charge is 2.06. The van der Waals surface area contributed by atoms with E-state index in [1.807, 2.05) is 31.2 Å². The molecule has 1 aromatic rings. The van der Waals surface area contributed by atoms with Gasteiger partial charge in [0.1, 0.15) is 5.75 Å². The molecule has 5 heteroatoms. The Balaban J connectivity index is 2.23. The number of benzene rings is 1. The van der Waals surface area contributed by atoms with Crippen LogP contribution in [0, 0.1) is 0 Å². The molecule has 0 saturated heterocycles. The number of hydrogen-bond acceptors (Lipinski definition) is 4. The topological polar surface area (TPSA) is 47.6 Å². The van der Waals surface area contributed by atoms with Crippen LogP contribution in [0.3, 0.4) is 0 Å². The second-order valence-corrected chi connectivity index (χ2v) is 5.37. The van der Waals surface area contributed by atoms with Gasteiger partial charge in [0.25, 0.3) is 0 Å². The zero-order chi connectivity index (χ0) is 14.1. The van der Waals surface area contributed by atoms with Crippen molar-refractivity contribution in [2.75, 3.05) is 26.6 Å². The van der Waals surface area contributed by atoms with Crippen LogP contribution >= 0.6 is 11.8 Å². The second-order valence-electron chi connectivity index (χ2n) is 4.20. The van der Waals surface area contributed by atoms with Gasteiger partial charge in [-0.2, -0.15) is 0 Å².